The molecule has 4 unspecified atom stereocenters. The van der Waals surface area contributed by atoms with Crippen LogP contribution < -0.4 is 14.8 Å². The molecule has 1 aromatic carbocycles. The van der Waals surface area contributed by atoms with Crippen molar-refractivity contribution in [2.75, 3.05) is 19.8 Å². The molecule has 1 saturated heterocycles. The Morgan fingerprint density at radius 1 is 1.18 bits per heavy atom. The topological polar surface area (TPSA) is 142 Å². The lowest BCUT2D eigenvalue weighted by Gasteiger charge is -2.38. The number of carbonyl (C=O) groups excluding carboxylic acids is 2. The van der Waals surface area contributed by atoms with Gasteiger partial charge in [-0.25, -0.2) is 4.79 Å². The van der Waals surface area contributed by atoms with Gasteiger partial charge in [-0.05, 0) is 36.7 Å². The maximum Gasteiger partial charge on any atom is 0.415 e. The average molecular weight is 627 g/mol. The molecular formula is C31H42N4O8Si. The number of rotatable bonds is 15. The van der Waals surface area contributed by atoms with E-state index in [4.69, 9.17) is 18.6 Å². The van der Waals surface area contributed by atoms with Gasteiger partial charge in [0, 0.05) is 12.6 Å². The van der Waals surface area contributed by atoms with Crippen LogP contribution in [0.4, 0.5) is 4.79 Å². The Balaban J connectivity index is 2.02. The van der Waals surface area contributed by atoms with Crippen LogP contribution in [0.25, 0.3) is 0 Å². The van der Waals surface area contributed by atoms with E-state index in [1.807, 2.05) is 0 Å². The normalized spacial score (nSPS) is 18.1. The van der Waals surface area contributed by atoms with Gasteiger partial charge in [0.05, 0.1) is 40.6 Å². The first-order chi connectivity index (χ1) is 20.8. The minimum atomic E-state index is -2.29. The Morgan fingerprint density at radius 3 is 2.39 bits per heavy atom. The van der Waals surface area contributed by atoms with Gasteiger partial charge in [0.2, 0.25) is 6.41 Å². The standard InChI is InChI=1S/C31H42N4O8Si/c1-8-15-40-26-18-24(32-19-27(26)41-16-9-2)28(33-21-36)25-17-23(43-44(6,7)31(3,4)5)20-34(25)30(37)42-29(35(38)39)22-13-11-10-12-14-22/h8-14,18-19,21,23,25,28-29H,1-2,15-17,20H2,3-7H3,(H,33,36). The molecule has 238 valence electrons. The average Bonchev–Trinajstić information content (AvgIpc) is 3.39. The van der Waals surface area contributed by atoms with Gasteiger partial charge in [0.25, 0.3) is 0 Å². The van der Waals surface area contributed by atoms with Crippen molar-refractivity contribution >= 4 is 20.8 Å². The molecule has 4 atom stereocenters. The van der Waals surface area contributed by atoms with Crippen molar-refractivity contribution < 1.29 is 33.1 Å². The molecule has 1 N–H and O–H groups in total. The highest BCUT2D eigenvalue weighted by molar-refractivity contribution is 6.74. The summed E-state index contributed by atoms with van der Waals surface area (Å²) in [5.74, 6) is 0.715. The number of nitrogens with zero attached hydrogens (tertiary/aromatic N) is 3. The number of hydrogen-bond acceptors (Lipinski definition) is 9. The minimum absolute atomic E-state index is 0.104. The van der Waals surface area contributed by atoms with Gasteiger partial charge in [-0.1, -0.05) is 64.3 Å². The van der Waals surface area contributed by atoms with E-state index in [0.29, 0.717) is 30.0 Å². The third-order valence-corrected chi connectivity index (χ3v) is 12.3. The van der Waals surface area contributed by atoms with Crippen molar-refractivity contribution in [3.8, 4) is 11.5 Å². The lowest BCUT2D eigenvalue weighted by atomic mass is 10.0. The molecule has 0 saturated carbocycles. The highest BCUT2D eigenvalue weighted by Crippen LogP contribution is 2.41. The van der Waals surface area contributed by atoms with Crippen LogP contribution in [0.1, 0.15) is 50.7 Å². The summed E-state index contributed by atoms with van der Waals surface area (Å²) in [6.07, 6.45) is 2.43. The Morgan fingerprint density at radius 2 is 1.82 bits per heavy atom. The molecule has 2 amide bonds. The summed E-state index contributed by atoms with van der Waals surface area (Å²) in [6.45, 7) is 18.4. The van der Waals surface area contributed by atoms with Crippen LogP contribution in [0, 0.1) is 10.1 Å². The maximum atomic E-state index is 13.7. The number of nitro groups is 1. The molecule has 2 heterocycles. The number of likely N-dealkylation sites (tertiary alicyclic amines) is 1. The van der Waals surface area contributed by atoms with Crippen LogP contribution in [-0.4, -0.2) is 67.5 Å². The fourth-order valence-electron chi connectivity index (χ4n) is 4.64. The fraction of sp³-hybridized carbons (Fsp3) is 0.452. The Hall–Kier alpha value is -4.23. The van der Waals surface area contributed by atoms with Crippen LogP contribution in [-0.2, 0) is 14.0 Å². The number of aromatic nitrogens is 1. The van der Waals surface area contributed by atoms with E-state index in [-0.39, 0.29) is 30.4 Å². The first-order valence-electron chi connectivity index (χ1n) is 14.3. The molecule has 1 aromatic heterocycles. The largest absolute Gasteiger partial charge is 0.486 e. The van der Waals surface area contributed by atoms with E-state index in [1.54, 1.807) is 36.4 Å². The van der Waals surface area contributed by atoms with Crippen LogP contribution in [0.15, 0.2) is 67.9 Å². The molecule has 44 heavy (non-hydrogen) atoms. The third-order valence-electron chi connectivity index (χ3n) is 7.81. The van der Waals surface area contributed by atoms with Crippen molar-refractivity contribution in [3.63, 3.8) is 0 Å². The number of ether oxygens (including phenoxy) is 3. The molecule has 1 aliphatic heterocycles. The lowest BCUT2D eigenvalue weighted by molar-refractivity contribution is -0.575. The van der Waals surface area contributed by atoms with E-state index in [9.17, 15) is 19.7 Å². The monoisotopic (exact) mass is 626 g/mol. The summed E-state index contributed by atoms with van der Waals surface area (Å²) in [7, 11) is -2.29. The zero-order chi connectivity index (χ0) is 32.5. The van der Waals surface area contributed by atoms with Gasteiger partial charge in [0.1, 0.15) is 13.2 Å². The van der Waals surface area contributed by atoms with E-state index in [1.165, 1.54) is 23.2 Å². The minimum Gasteiger partial charge on any atom is -0.486 e. The second-order valence-corrected chi connectivity index (χ2v) is 16.7. The lowest BCUT2D eigenvalue weighted by Crippen LogP contribution is -2.45. The number of pyridine rings is 1. The first-order valence-corrected chi connectivity index (χ1v) is 17.2. The second kappa shape index (κ2) is 15.0. The van der Waals surface area contributed by atoms with Crippen molar-refractivity contribution in [1.82, 2.24) is 15.2 Å². The van der Waals surface area contributed by atoms with Crippen molar-refractivity contribution in [2.24, 2.45) is 0 Å². The van der Waals surface area contributed by atoms with Crippen LogP contribution in [0.3, 0.4) is 0 Å². The highest BCUT2D eigenvalue weighted by atomic mass is 28.4. The summed E-state index contributed by atoms with van der Waals surface area (Å²) in [6, 6.07) is 8.09. The molecule has 0 radical (unpaired) electrons. The number of carbonyl (C=O) groups is 2. The van der Waals surface area contributed by atoms with Gasteiger partial charge in [0.15, 0.2) is 19.8 Å². The second-order valence-electron chi connectivity index (χ2n) is 11.9. The SMILES string of the molecule is C=CCOc1cnc(C(NC=O)C2CC(O[Si](C)(C)C(C)(C)C)CN2C(=O)OC(c2ccccc2)[N+](=O)[O-])cc1OCC=C. The van der Waals surface area contributed by atoms with Gasteiger partial charge in [-0.15, -0.1) is 0 Å². The van der Waals surface area contributed by atoms with E-state index >= 15 is 0 Å². The van der Waals surface area contributed by atoms with Crippen molar-refractivity contribution in [2.45, 2.75) is 69.7 Å². The number of benzene rings is 1. The first kappa shape index (κ1) is 34.3. The molecule has 13 heteroatoms. The summed E-state index contributed by atoms with van der Waals surface area (Å²) >= 11 is 0. The van der Waals surface area contributed by atoms with E-state index in [2.05, 4.69) is 57.3 Å². The molecule has 1 fully saturated rings. The molecule has 0 aliphatic carbocycles. The molecule has 0 bridgehead atoms. The predicted molar refractivity (Wildman–Crippen MR) is 167 cm³/mol. The van der Waals surface area contributed by atoms with Crippen LogP contribution in [0.2, 0.25) is 18.1 Å². The summed E-state index contributed by atoms with van der Waals surface area (Å²) < 4.78 is 23.7. The summed E-state index contributed by atoms with van der Waals surface area (Å²) in [5.41, 5.74) is 0.603. The smallest absolute Gasteiger partial charge is 0.415 e. The summed E-state index contributed by atoms with van der Waals surface area (Å²) in [4.78, 5) is 42.9. The van der Waals surface area contributed by atoms with Gasteiger partial charge < -0.3 is 24.0 Å². The Labute approximate surface area is 259 Å². The van der Waals surface area contributed by atoms with Gasteiger partial charge in [-0.2, -0.15) is 0 Å². The zero-order valence-electron chi connectivity index (χ0n) is 25.9. The number of hydrogen-bond donors (Lipinski definition) is 1. The quantitative estimate of drug-likeness (QED) is 0.0670. The fourth-order valence-corrected chi connectivity index (χ4v) is 6.00. The van der Waals surface area contributed by atoms with Crippen LogP contribution in [0.5, 0.6) is 11.5 Å². The third kappa shape index (κ3) is 8.44. The molecular weight excluding hydrogens is 584 g/mol. The predicted octanol–water partition coefficient (Wildman–Crippen LogP) is 5.58. The molecule has 3 rings (SSSR count). The van der Waals surface area contributed by atoms with Crippen LogP contribution >= 0.6 is 0 Å². The molecule has 0 spiro atoms. The van der Waals surface area contributed by atoms with Crippen molar-refractivity contribution in [1.29, 1.82) is 0 Å². The van der Waals surface area contributed by atoms with E-state index in [0.717, 1.165) is 0 Å². The summed E-state index contributed by atoms with van der Waals surface area (Å²) in [5, 5.41) is 14.6. The van der Waals surface area contributed by atoms with Gasteiger partial charge in [-0.3, -0.25) is 24.8 Å². The maximum absolute atomic E-state index is 13.7. The van der Waals surface area contributed by atoms with Gasteiger partial charge >= 0.3 is 12.3 Å². The Kier molecular flexibility index (Phi) is 11.7. The van der Waals surface area contributed by atoms with E-state index < -0.39 is 43.7 Å². The highest BCUT2D eigenvalue weighted by Gasteiger charge is 2.47. The number of amides is 2. The Bertz CT molecular complexity index is 1320. The molecule has 12 nitrogen and oxygen atoms in total. The molecule has 2 aromatic rings. The van der Waals surface area contributed by atoms with Crippen molar-refractivity contribution in [3.05, 3.63) is 89.3 Å². The molecule has 1 aliphatic rings. The zero-order valence-corrected chi connectivity index (χ0v) is 26.9. The number of nitrogens with one attached hydrogen (secondary N) is 1.